The molecule has 0 bridgehead atoms. The average Bonchev–Trinajstić information content (AvgIpc) is 2.76. The van der Waals surface area contributed by atoms with Gasteiger partial charge in [-0.25, -0.2) is 0 Å². The van der Waals surface area contributed by atoms with E-state index in [4.69, 9.17) is 0 Å². The van der Waals surface area contributed by atoms with Gasteiger partial charge in [-0.2, -0.15) is 11.8 Å². The molecule has 0 unspecified atom stereocenters. The number of hydrogen-bond acceptors (Lipinski definition) is 0. The molecule has 0 aromatic heterocycles. The van der Waals surface area contributed by atoms with Crippen LogP contribution in [0.3, 0.4) is 0 Å². The monoisotopic (exact) mass is 351 g/mol. The molecule has 3 saturated carbocycles. The summed E-state index contributed by atoms with van der Waals surface area (Å²) in [7, 11) is 0. The quantitative estimate of drug-likeness (QED) is 0.482. The molecule has 0 saturated heterocycles. The summed E-state index contributed by atoms with van der Waals surface area (Å²) in [6.45, 7) is 13.5. The van der Waals surface area contributed by atoms with Crippen LogP contribution in [0.2, 0.25) is 0 Å². The van der Waals surface area contributed by atoms with Gasteiger partial charge in [0.1, 0.15) is 0 Å². The van der Waals surface area contributed by atoms with Crippen LogP contribution in [-0.2, 0) is 32.7 Å². The van der Waals surface area contributed by atoms with Crippen LogP contribution in [0.1, 0.15) is 91.9 Å². The fourth-order valence-corrected chi connectivity index (χ4v) is 4.72. The Bertz CT molecular complexity index is 299. The van der Waals surface area contributed by atoms with E-state index in [-0.39, 0.29) is 32.7 Å². The zero-order chi connectivity index (χ0) is 14.1. The molecule has 0 N–H and O–H groups in total. The molecule has 20 heavy (non-hydrogen) atoms. The summed E-state index contributed by atoms with van der Waals surface area (Å²) >= 11 is 0. The van der Waals surface area contributed by atoms with Crippen LogP contribution < -0.4 is 0 Å². The molecule has 0 atom stereocenters. The maximum absolute atomic E-state index is 3.93. The zero-order valence-electron chi connectivity index (χ0n) is 14.4. The Morgan fingerprint density at radius 2 is 1.40 bits per heavy atom. The SMILES string of the molecule is CC1(C)CCCC12CCC2.[CH2-]C[C-]1CCCC1(C)C.[Y]. The molecular weight excluding hydrogens is 317 g/mol. The normalized spacial score (nSPS) is 29.2. The molecular formula is C19H34Y-2. The standard InChI is InChI=1S/C10H18.C9H16.Y/c1-9(2)5-3-6-10(9)7-4-8-10;1-4-8-6-5-7-9(8,2)3;/h3-8H2,1-2H3;1,4-7H2,2-3H3;/q;-2;. The van der Waals surface area contributed by atoms with E-state index in [0.29, 0.717) is 10.8 Å². The Labute approximate surface area is 153 Å². The van der Waals surface area contributed by atoms with E-state index in [1.165, 1.54) is 57.8 Å². The Morgan fingerprint density at radius 1 is 0.850 bits per heavy atom. The summed E-state index contributed by atoms with van der Waals surface area (Å²) in [5, 5.41) is 0. The average molecular weight is 351 g/mol. The van der Waals surface area contributed by atoms with Crippen LogP contribution in [0, 0.1) is 29.1 Å². The molecule has 1 spiro atoms. The minimum atomic E-state index is 0. The van der Waals surface area contributed by atoms with Crippen molar-refractivity contribution in [2.24, 2.45) is 16.2 Å². The predicted molar refractivity (Wildman–Crippen MR) is 84.8 cm³/mol. The van der Waals surface area contributed by atoms with E-state index in [1.807, 2.05) is 0 Å². The van der Waals surface area contributed by atoms with Gasteiger partial charge < -0.3 is 19.3 Å². The minimum absolute atomic E-state index is 0. The van der Waals surface area contributed by atoms with Crippen molar-refractivity contribution in [1.82, 2.24) is 0 Å². The van der Waals surface area contributed by atoms with Gasteiger partial charge in [-0.05, 0) is 36.5 Å². The van der Waals surface area contributed by atoms with Crippen LogP contribution in [-0.4, -0.2) is 0 Å². The first-order valence-electron chi connectivity index (χ1n) is 8.47. The number of rotatable bonds is 1. The molecule has 0 aliphatic heterocycles. The van der Waals surface area contributed by atoms with Crippen molar-refractivity contribution in [3.05, 3.63) is 12.8 Å². The van der Waals surface area contributed by atoms with Crippen molar-refractivity contribution in [2.75, 3.05) is 0 Å². The molecule has 3 rings (SSSR count). The van der Waals surface area contributed by atoms with Crippen LogP contribution in [0.15, 0.2) is 0 Å². The van der Waals surface area contributed by atoms with E-state index in [2.05, 4.69) is 34.6 Å². The van der Waals surface area contributed by atoms with Crippen molar-refractivity contribution < 1.29 is 32.7 Å². The molecule has 1 heteroatoms. The van der Waals surface area contributed by atoms with Gasteiger partial charge in [0.05, 0.1) is 0 Å². The van der Waals surface area contributed by atoms with E-state index in [0.717, 1.165) is 11.8 Å². The van der Waals surface area contributed by atoms with Gasteiger partial charge in [0.25, 0.3) is 0 Å². The van der Waals surface area contributed by atoms with Gasteiger partial charge in [-0.3, -0.25) is 0 Å². The minimum Gasteiger partial charge on any atom is -0.372 e. The van der Waals surface area contributed by atoms with E-state index < -0.39 is 0 Å². The van der Waals surface area contributed by atoms with Gasteiger partial charge in [0, 0.05) is 32.7 Å². The van der Waals surface area contributed by atoms with Gasteiger partial charge >= 0.3 is 0 Å². The topological polar surface area (TPSA) is 0 Å². The van der Waals surface area contributed by atoms with E-state index in [9.17, 15) is 0 Å². The Balaban J connectivity index is 0.000000192. The molecule has 1 radical (unpaired) electrons. The summed E-state index contributed by atoms with van der Waals surface area (Å²) in [5.74, 6) is 1.67. The first-order valence-corrected chi connectivity index (χ1v) is 8.47. The third-order valence-corrected chi connectivity index (χ3v) is 6.74. The molecule has 3 aliphatic rings. The fourth-order valence-electron chi connectivity index (χ4n) is 4.72. The summed E-state index contributed by atoms with van der Waals surface area (Å²) in [4.78, 5) is 0. The Kier molecular flexibility index (Phi) is 6.82. The first kappa shape index (κ1) is 19.2. The van der Waals surface area contributed by atoms with Crippen LogP contribution in [0.4, 0.5) is 0 Å². The summed E-state index contributed by atoms with van der Waals surface area (Å²) in [5.41, 5.74) is 2.01. The second kappa shape index (κ2) is 7.12. The summed E-state index contributed by atoms with van der Waals surface area (Å²) in [6, 6.07) is 0. The maximum atomic E-state index is 3.93. The summed E-state index contributed by atoms with van der Waals surface area (Å²) in [6.07, 6.45) is 14.2. The first-order chi connectivity index (χ1) is 8.83. The number of hydrogen-bond donors (Lipinski definition) is 0. The van der Waals surface area contributed by atoms with Crippen molar-refractivity contribution in [3.63, 3.8) is 0 Å². The zero-order valence-corrected chi connectivity index (χ0v) is 17.2. The van der Waals surface area contributed by atoms with Gasteiger partial charge in [0.2, 0.25) is 0 Å². The third-order valence-electron chi connectivity index (χ3n) is 6.74. The van der Waals surface area contributed by atoms with E-state index in [1.54, 1.807) is 5.92 Å². The molecule has 3 fully saturated rings. The summed E-state index contributed by atoms with van der Waals surface area (Å²) < 4.78 is 0. The fraction of sp³-hybridized carbons (Fsp3) is 0.895. The van der Waals surface area contributed by atoms with Crippen molar-refractivity contribution >= 4 is 0 Å². The van der Waals surface area contributed by atoms with E-state index >= 15 is 0 Å². The third kappa shape index (κ3) is 3.71. The van der Waals surface area contributed by atoms with Crippen molar-refractivity contribution in [3.8, 4) is 0 Å². The van der Waals surface area contributed by atoms with Crippen LogP contribution in [0.5, 0.6) is 0 Å². The second-order valence-electron chi connectivity index (χ2n) is 8.46. The molecule has 0 amide bonds. The Hall–Kier alpha value is 1.10. The molecule has 0 heterocycles. The second-order valence-corrected chi connectivity index (χ2v) is 8.46. The molecule has 0 aromatic rings. The predicted octanol–water partition coefficient (Wildman–Crippen LogP) is 6.36. The van der Waals surface area contributed by atoms with Crippen LogP contribution in [0.25, 0.3) is 0 Å². The maximum Gasteiger partial charge on any atom is 0 e. The largest absolute Gasteiger partial charge is 0.372 e. The van der Waals surface area contributed by atoms with Crippen molar-refractivity contribution in [1.29, 1.82) is 0 Å². The molecule has 3 aliphatic carbocycles. The smallest absolute Gasteiger partial charge is 0 e. The molecule has 0 aromatic carbocycles. The Morgan fingerprint density at radius 3 is 1.60 bits per heavy atom. The van der Waals surface area contributed by atoms with Crippen molar-refractivity contribution in [2.45, 2.75) is 91.9 Å². The molecule has 0 nitrogen and oxygen atoms in total. The van der Waals surface area contributed by atoms with Gasteiger partial charge in [-0.15, -0.1) is 0 Å². The van der Waals surface area contributed by atoms with Gasteiger partial charge in [-0.1, -0.05) is 53.4 Å². The molecule has 115 valence electrons. The van der Waals surface area contributed by atoms with Gasteiger partial charge in [0.15, 0.2) is 0 Å². The van der Waals surface area contributed by atoms with Crippen LogP contribution >= 0.6 is 0 Å².